The minimum Gasteiger partial charge on any atom is -0.476 e. The fourth-order valence-electron chi connectivity index (χ4n) is 1.79. The molecule has 2 N–H and O–H groups in total. The van der Waals surface area contributed by atoms with Crippen molar-refractivity contribution in [3.05, 3.63) is 48.4 Å². The van der Waals surface area contributed by atoms with Crippen LogP contribution in [-0.4, -0.2) is 26.0 Å². The van der Waals surface area contributed by atoms with Gasteiger partial charge in [0.15, 0.2) is 5.69 Å². The molecule has 3 rings (SSSR count). The number of carboxylic acids is 1. The van der Waals surface area contributed by atoms with E-state index in [-0.39, 0.29) is 5.69 Å². The van der Waals surface area contributed by atoms with E-state index in [4.69, 9.17) is 5.11 Å². The number of hydrogen-bond donors (Lipinski definition) is 2. The Morgan fingerprint density at radius 3 is 2.67 bits per heavy atom. The average Bonchev–Trinajstić information content (AvgIpc) is 2.82. The highest BCUT2D eigenvalue weighted by Crippen LogP contribution is 2.21. The van der Waals surface area contributed by atoms with Crippen LogP contribution in [-0.2, 0) is 0 Å². The van der Waals surface area contributed by atoms with Gasteiger partial charge in [-0.2, -0.15) is 0 Å². The van der Waals surface area contributed by atoms with Gasteiger partial charge < -0.3 is 10.1 Å². The molecule has 5 nitrogen and oxygen atoms in total. The summed E-state index contributed by atoms with van der Waals surface area (Å²) in [5, 5.41) is 9.83. The van der Waals surface area contributed by atoms with Crippen LogP contribution in [0, 0.1) is 0 Å². The molecule has 0 radical (unpaired) electrons. The molecule has 0 bridgehead atoms. The summed E-state index contributed by atoms with van der Waals surface area (Å²) in [4.78, 5) is 21.8. The SMILES string of the molecule is O=C(O)c1cnc(-c2cc3ccccc3[nH]2)cn1. The number of rotatable bonds is 2. The number of fused-ring (bicyclic) bond motifs is 1. The van der Waals surface area contributed by atoms with Crippen molar-refractivity contribution in [3.8, 4) is 11.4 Å². The van der Waals surface area contributed by atoms with Gasteiger partial charge >= 0.3 is 5.97 Å². The van der Waals surface area contributed by atoms with Gasteiger partial charge in [0, 0.05) is 10.9 Å². The summed E-state index contributed by atoms with van der Waals surface area (Å²) < 4.78 is 0. The van der Waals surface area contributed by atoms with Crippen molar-refractivity contribution in [1.29, 1.82) is 0 Å². The number of nitrogens with one attached hydrogen (secondary N) is 1. The summed E-state index contributed by atoms with van der Waals surface area (Å²) in [5.74, 6) is -1.08. The first-order valence-electron chi connectivity index (χ1n) is 5.37. The van der Waals surface area contributed by atoms with E-state index in [0.717, 1.165) is 16.6 Å². The number of carboxylic acid groups (broad SMARTS) is 1. The van der Waals surface area contributed by atoms with E-state index in [2.05, 4.69) is 15.0 Å². The van der Waals surface area contributed by atoms with E-state index < -0.39 is 5.97 Å². The number of benzene rings is 1. The highest BCUT2D eigenvalue weighted by Gasteiger charge is 2.08. The minimum absolute atomic E-state index is 0.0603. The van der Waals surface area contributed by atoms with Crippen LogP contribution < -0.4 is 0 Å². The maximum absolute atomic E-state index is 10.7. The standard InChI is InChI=1S/C13H9N3O2/c17-13(18)12-7-14-11(6-15-12)10-5-8-3-1-2-4-9(8)16-10/h1-7,16H,(H,17,18). The number of aromatic carboxylic acids is 1. The van der Waals surface area contributed by atoms with Crippen molar-refractivity contribution in [2.75, 3.05) is 0 Å². The molecule has 0 aliphatic rings. The quantitative estimate of drug-likeness (QED) is 0.719. The van der Waals surface area contributed by atoms with Gasteiger partial charge in [-0.25, -0.2) is 9.78 Å². The predicted octanol–water partition coefficient (Wildman–Crippen LogP) is 2.32. The maximum atomic E-state index is 10.7. The predicted molar refractivity (Wildman–Crippen MR) is 66.3 cm³/mol. The maximum Gasteiger partial charge on any atom is 0.356 e. The van der Waals surface area contributed by atoms with Crippen molar-refractivity contribution in [1.82, 2.24) is 15.0 Å². The van der Waals surface area contributed by atoms with Gasteiger partial charge in [-0.15, -0.1) is 0 Å². The first-order valence-corrected chi connectivity index (χ1v) is 5.37. The van der Waals surface area contributed by atoms with Crippen molar-refractivity contribution in [2.24, 2.45) is 0 Å². The third-order valence-electron chi connectivity index (χ3n) is 2.68. The molecule has 2 heterocycles. The third-order valence-corrected chi connectivity index (χ3v) is 2.68. The zero-order valence-corrected chi connectivity index (χ0v) is 9.29. The molecule has 0 saturated heterocycles. The van der Waals surface area contributed by atoms with Crippen LogP contribution in [0.4, 0.5) is 0 Å². The second-order valence-electron chi connectivity index (χ2n) is 3.86. The highest BCUT2D eigenvalue weighted by molar-refractivity contribution is 5.86. The summed E-state index contributed by atoms with van der Waals surface area (Å²) in [6, 6.07) is 9.83. The molecule has 0 spiro atoms. The second kappa shape index (κ2) is 3.96. The summed E-state index contributed by atoms with van der Waals surface area (Å²) in [5.41, 5.74) is 2.39. The molecule has 2 aromatic heterocycles. The Balaban J connectivity index is 2.06. The second-order valence-corrected chi connectivity index (χ2v) is 3.86. The largest absolute Gasteiger partial charge is 0.476 e. The topological polar surface area (TPSA) is 78.9 Å². The Morgan fingerprint density at radius 2 is 2.00 bits per heavy atom. The zero-order chi connectivity index (χ0) is 12.5. The van der Waals surface area contributed by atoms with Crippen LogP contribution in [0.15, 0.2) is 42.7 Å². The fraction of sp³-hybridized carbons (Fsp3) is 0. The van der Waals surface area contributed by atoms with Crippen LogP contribution in [0.3, 0.4) is 0 Å². The third kappa shape index (κ3) is 1.71. The summed E-state index contributed by atoms with van der Waals surface area (Å²) in [6.07, 6.45) is 2.71. The first-order chi connectivity index (χ1) is 8.74. The molecule has 0 unspecified atom stereocenters. The van der Waals surface area contributed by atoms with Crippen LogP contribution in [0.1, 0.15) is 10.5 Å². The van der Waals surface area contributed by atoms with E-state index in [0.29, 0.717) is 5.69 Å². The molecule has 5 heteroatoms. The Bertz CT molecular complexity index is 683. The molecule has 1 aromatic carbocycles. The van der Waals surface area contributed by atoms with Gasteiger partial charge in [-0.05, 0) is 12.1 Å². The molecule has 0 amide bonds. The average molecular weight is 239 g/mol. The van der Waals surface area contributed by atoms with Gasteiger partial charge in [0.05, 0.1) is 18.1 Å². The Labute approximate surface area is 102 Å². The smallest absolute Gasteiger partial charge is 0.356 e. The van der Waals surface area contributed by atoms with Crippen molar-refractivity contribution < 1.29 is 9.90 Å². The lowest BCUT2D eigenvalue weighted by molar-refractivity contribution is 0.0690. The number of nitrogens with zero attached hydrogens (tertiary/aromatic N) is 2. The van der Waals surface area contributed by atoms with E-state index >= 15 is 0 Å². The lowest BCUT2D eigenvalue weighted by atomic mass is 10.2. The van der Waals surface area contributed by atoms with Gasteiger partial charge in [-0.3, -0.25) is 4.98 Å². The number of hydrogen-bond acceptors (Lipinski definition) is 3. The highest BCUT2D eigenvalue weighted by atomic mass is 16.4. The molecule has 0 aliphatic carbocycles. The number of aromatic amines is 1. The fourth-order valence-corrected chi connectivity index (χ4v) is 1.79. The lowest BCUT2D eigenvalue weighted by Crippen LogP contribution is -2.01. The zero-order valence-electron chi connectivity index (χ0n) is 9.29. The number of H-pyrrole nitrogens is 1. The Kier molecular flexibility index (Phi) is 2.30. The summed E-state index contributed by atoms with van der Waals surface area (Å²) >= 11 is 0. The van der Waals surface area contributed by atoms with Gasteiger partial charge in [0.1, 0.15) is 5.69 Å². The molecule has 0 fully saturated rings. The number of carbonyl (C=O) groups is 1. The minimum atomic E-state index is -1.08. The molecule has 0 saturated carbocycles. The van der Waals surface area contributed by atoms with E-state index in [9.17, 15) is 4.79 Å². The molecule has 0 aliphatic heterocycles. The van der Waals surface area contributed by atoms with Gasteiger partial charge in [-0.1, -0.05) is 18.2 Å². The van der Waals surface area contributed by atoms with Crippen LogP contribution in [0.5, 0.6) is 0 Å². The first kappa shape index (κ1) is 10.5. The summed E-state index contributed by atoms with van der Waals surface area (Å²) in [7, 11) is 0. The number of aromatic nitrogens is 3. The van der Waals surface area contributed by atoms with E-state index in [1.165, 1.54) is 12.4 Å². The normalized spacial score (nSPS) is 10.7. The monoisotopic (exact) mass is 239 g/mol. The molecular formula is C13H9N3O2. The molecule has 3 aromatic rings. The van der Waals surface area contributed by atoms with Crippen molar-refractivity contribution in [2.45, 2.75) is 0 Å². The van der Waals surface area contributed by atoms with Gasteiger partial charge in [0.2, 0.25) is 0 Å². The summed E-state index contributed by atoms with van der Waals surface area (Å²) in [6.45, 7) is 0. The van der Waals surface area contributed by atoms with E-state index in [1.54, 1.807) is 0 Å². The lowest BCUT2D eigenvalue weighted by Gasteiger charge is -1.96. The van der Waals surface area contributed by atoms with Crippen molar-refractivity contribution in [3.63, 3.8) is 0 Å². The van der Waals surface area contributed by atoms with Crippen LogP contribution >= 0.6 is 0 Å². The molecule has 88 valence electrons. The van der Waals surface area contributed by atoms with E-state index in [1.807, 2.05) is 30.3 Å². The van der Waals surface area contributed by atoms with Crippen LogP contribution in [0.25, 0.3) is 22.3 Å². The Hall–Kier alpha value is -2.69. The number of para-hydroxylation sites is 1. The Morgan fingerprint density at radius 1 is 1.17 bits per heavy atom. The van der Waals surface area contributed by atoms with Crippen molar-refractivity contribution >= 4 is 16.9 Å². The van der Waals surface area contributed by atoms with Gasteiger partial charge in [0.25, 0.3) is 0 Å². The molecule has 18 heavy (non-hydrogen) atoms. The molecular weight excluding hydrogens is 230 g/mol. The molecule has 0 atom stereocenters. The van der Waals surface area contributed by atoms with Crippen LogP contribution in [0.2, 0.25) is 0 Å².